The van der Waals surface area contributed by atoms with Gasteiger partial charge in [0.05, 0.1) is 0 Å². The van der Waals surface area contributed by atoms with Crippen LogP contribution in [0.15, 0.2) is 35.7 Å². The van der Waals surface area contributed by atoms with E-state index in [0.717, 1.165) is 22.7 Å². The number of hydrogen-bond acceptors (Lipinski definition) is 3. The molecule has 0 fully saturated rings. The minimum absolute atomic E-state index is 0.264. The van der Waals surface area contributed by atoms with Gasteiger partial charge in [-0.15, -0.1) is 11.3 Å². The van der Waals surface area contributed by atoms with E-state index >= 15 is 0 Å². The van der Waals surface area contributed by atoms with Gasteiger partial charge in [-0.3, -0.25) is 0 Å². The van der Waals surface area contributed by atoms with Crippen LogP contribution in [0.4, 0.5) is 5.69 Å². The van der Waals surface area contributed by atoms with Crippen molar-refractivity contribution >= 4 is 28.6 Å². The Morgan fingerprint density at radius 1 is 1.29 bits per heavy atom. The highest BCUT2D eigenvalue weighted by Crippen LogP contribution is 2.28. The lowest BCUT2D eigenvalue weighted by Gasteiger charge is -2.27. The number of benzene rings is 1. The van der Waals surface area contributed by atoms with Crippen LogP contribution >= 0.6 is 22.9 Å². The predicted octanol–water partition coefficient (Wildman–Crippen LogP) is 4.75. The number of rotatable bonds is 6. The van der Waals surface area contributed by atoms with Gasteiger partial charge < -0.3 is 10.2 Å². The molecule has 0 saturated heterocycles. The average molecular weight is 323 g/mol. The smallest absolute Gasteiger partial charge is 0.0474 e. The zero-order valence-corrected chi connectivity index (χ0v) is 14.6. The summed E-state index contributed by atoms with van der Waals surface area (Å²) in [5.74, 6) is 0. The Balaban J connectivity index is 2.12. The van der Waals surface area contributed by atoms with Crippen molar-refractivity contribution in [3.8, 4) is 0 Å². The molecule has 2 aromatic rings. The molecule has 0 aliphatic heterocycles. The molecule has 2 unspecified atom stereocenters. The van der Waals surface area contributed by atoms with E-state index in [-0.39, 0.29) is 6.04 Å². The molecule has 0 radical (unpaired) electrons. The molecule has 0 spiro atoms. The number of likely N-dealkylation sites (N-methyl/N-ethyl adjacent to an activating group) is 1. The summed E-state index contributed by atoms with van der Waals surface area (Å²) < 4.78 is 0. The van der Waals surface area contributed by atoms with Crippen molar-refractivity contribution in [2.75, 3.05) is 19.0 Å². The van der Waals surface area contributed by atoms with Gasteiger partial charge in [-0.1, -0.05) is 23.7 Å². The Bertz CT molecular complexity index is 568. The molecule has 0 aliphatic rings. The zero-order chi connectivity index (χ0) is 15.4. The van der Waals surface area contributed by atoms with Crippen molar-refractivity contribution in [1.82, 2.24) is 5.32 Å². The summed E-state index contributed by atoms with van der Waals surface area (Å²) in [5.41, 5.74) is 2.30. The highest BCUT2D eigenvalue weighted by Gasteiger charge is 2.14. The number of halogens is 1. The van der Waals surface area contributed by atoms with Crippen LogP contribution in [0, 0.1) is 0 Å². The normalized spacial score (nSPS) is 14.0. The molecule has 4 heteroatoms. The summed E-state index contributed by atoms with van der Waals surface area (Å²) in [5, 5.41) is 6.18. The molecular formula is C17H23ClN2S. The van der Waals surface area contributed by atoms with Crippen LogP contribution in [0.3, 0.4) is 0 Å². The number of thiophene rings is 1. The van der Waals surface area contributed by atoms with Crippen molar-refractivity contribution in [3.05, 3.63) is 51.2 Å². The Kier molecular flexibility index (Phi) is 5.68. The largest absolute Gasteiger partial charge is 0.371 e. The van der Waals surface area contributed by atoms with Crippen LogP contribution < -0.4 is 10.2 Å². The fourth-order valence-electron chi connectivity index (χ4n) is 2.35. The van der Waals surface area contributed by atoms with Crippen LogP contribution in [0.5, 0.6) is 0 Å². The first kappa shape index (κ1) is 16.3. The van der Waals surface area contributed by atoms with E-state index in [9.17, 15) is 0 Å². The first-order chi connectivity index (χ1) is 10.0. The molecule has 1 N–H and O–H groups in total. The second-order valence-corrected chi connectivity index (χ2v) is 6.90. The van der Waals surface area contributed by atoms with E-state index in [1.807, 2.05) is 18.4 Å². The van der Waals surface area contributed by atoms with Gasteiger partial charge in [0.15, 0.2) is 0 Å². The van der Waals surface area contributed by atoms with Gasteiger partial charge in [-0.2, -0.15) is 0 Å². The van der Waals surface area contributed by atoms with E-state index in [0.29, 0.717) is 6.04 Å². The van der Waals surface area contributed by atoms with Gasteiger partial charge in [0.25, 0.3) is 0 Å². The molecule has 114 valence electrons. The molecule has 2 nitrogen and oxygen atoms in total. The van der Waals surface area contributed by atoms with Gasteiger partial charge in [-0.25, -0.2) is 0 Å². The molecule has 2 rings (SSSR count). The topological polar surface area (TPSA) is 15.3 Å². The van der Waals surface area contributed by atoms with Crippen LogP contribution in [0.2, 0.25) is 5.02 Å². The highest BCUT2D eigenvalue weighted by molar-refractivity contribution is 7.09. The molecule has 0 aliphatic carbocycles. The van der Waals surface area contributed by atoms with Gasteiger partial charge in [0, 0.05) is 41.1 Å². The Morgan fingerprint density at radius 2 is 2.05 bits per heavy atom. The molecule has 1 aromatic heterocycles. The molecule has 0 bridgehead atoms. The molecule has 0 amide bonds. The standard InChI is InChI=1S/C17H23ClN2S/c1-12(10-15-6-5-9-21-15)20(4)14-7-8-16(13(2)19-3)17(18)11-14/h5-9,11-13,19H,10H2,1-4H3. The molecule has 21 heavy (non-hydrogen) atoms. The minimum Gasteiger partial charge on any atom is -0.371 e. The van der Waals surface area contributed by atoms with Crippen LogP contribution in [0.25, 0.3) is 0 Å². The summed E-state index contributed by atoms with van der Waals surface area (Å²) in [6, 6.07) is 11.3. The van der Waals surface area contributed by atoms with Crippen LogP contribution in [-0.4, -0.2) is 20.1 Å². The maximum absolute atomic E-state index is 6.43. The molecular weight excluding hydrogens is 300 g/mol. The third kappa shape index (κ3) is 4.00. The number of nitrogens with zero attached hydrogens (tertiary/aromatic N) is 1. The van der Waals surface area contributed by atoms with Gasteiger partial charge >= 0.3 is 0 Å². The van der Waals surface area contributed by atoms with E-state index in [2.05, 4.69) is 66.8 Å². The summed E-state index contributed by atoms with van der Waals surface area (Å²) in [7, 11) is 4.08. The molecule has 1 aromatic carbocycles. The summed E-state index contributed by atoms with van der Waals surface area (Å²) in [6.07, 6.45) is 1.06. The van der Waals surface area contributed by atoms with Gasteiger partial charge in [0.2, 0.25) is 0 Å². The number of hydrogen-bond donors (Lipinski definition) is 1. The lowest BCUT2D eigenvalue weighted by molar-refractivity contribution is 0.651. The number of anilines is 1. The lowest BCUT2D eigenvalue weighted by atomic mass is 10.1. The highest BCUT2D eigenvalue weighted by atomic mass is 35.5. The zero-order valence-electron chi connectivity index (χ0n) is 13.1. The first-order valence-electron chi connectivity index (χ1n) is 7.25. The van der Waals surface area contributed by atoms with Crippen LogP contribution in [0.1, 0.15) is 30.3 Å². The van der Waals surface area contributed by atoms with Crippen molar-refractivity contribution < 1.29 is 0 Å². The fourth-order valence-corrected chi connectivity index (χ4v) is 3.52. The third-order valence-electron chi connectivity index (χ3n) is 4.03. The molecule has 2 atom stereocenters. The maximum atomic E-state index is 6.43. The number of nitrogens with one attached hydrogen (secondary N) is 1. The average Bonchev–Trinajstić information content (AvgIpc) is 2.98. The predicted molar refractivity (Wildman–Crippen MR) is 94.8 cm³/mol. The Morgan fingerprint density at radius 3 is 2.62 bits per heavy atom. The van der Waals surface area contributed by atoms with E-state index in [4.69, 9.17) is 11.6 Å². The molecule has 0 saturated carbocycles. The summed E-state index contributed by atoms with van der Waals surface area (Å²) in [6.45, 7) is 4.36. The third-order valence-corrected chi connectivity index (χ3v) is 5.25. The lowest BCUT2D eigenvalue weighted by Crippen LogP contribution is -2.30. The van der Waals surface area contributed by atoms with E-state index in [1.165, 1.54) is 4.88 Å². The second kappa shape index (κ2) is 7.30. The van der Waals surface area contributed by atoms with Gasteiger partial charge in [-0.05, 0) is 50.0 Å². The SMILES string of the molecule is CNC(C)c1ccc(N(C)C(C)Cc2cccs2)cc1Cl. The van der Waals surface area contributed by atoms with E-state index < -0.39 is 0 Å². The monoisotopic (exact) mass is 322 g/mol. The summed E-state index contributed by atoms with van der Waals surface area (Å²) in [4.78, 5) is 3.71. The minimum atomic E-state index is 0.264. The van der Waals surface area contributed by atoms with Crippen molar-refractivity contribution in [1.29, 1.82) is 0 Å². The van der Waals surface area contributed by atoms with Crippen molar-refractivity contribution in [2.45, 2.75) is 32.4 Å². The first-order valence-corrected chi connectivity index (χ1v) is 8.50. The van der Waals surface area contributed by atoms with Crippen molar-refractivity contribution in [3.63, 3.8) is 0 Å². The summed E-state index contributed by atoms with van der Waals surface area (Å²) >= 11 is 8.25. The Hall–Kier alpha value is -1.03. The van der Waals surface area contributed by atoms with Crippen molar-refractivity contribution in [2.24, 2.45) is 0 Å². The Labute approximate surface area is 136 Å². The van der Waals surface area contributed by atoms with Crippen LogP contribution in [-0.2, 0) is 6.42 Å². The van der Waals surface area contributed by atoms with Gasteiger partial charge in [0.1, 0.15) is 0 Å². The quantitative estimate of drug-likeness (QED) is 0.825. The fraction of sp³-hybridized carbons (Fsp3) is 0.412. The second-order valence-electron chi connectivity index (χ2n) is 5.46. The van der Waals surface area contributed by atoms with E-state index in [1.54, 1.807) is 0 Å². The maximum Gasteiger partial charge on any atom is 0.0474 e. The molecule has 1 heterocycles.